The highest BCUT2D eigenvalue weighted by atomic mass is 16.6. The number of likely N-dealkylation sites (tertiary alicyclic amines) is 1. The molecule has 3 rings (SSSR count). The van der Waals surface area contributed by atoms with E-state index in [9.17, 15) is 19.7 Å². The maximum atomic E-state index is 12.4. The zero-order valence-corrected chi connectivity index (χ0v) is 14.4. The first kappa shape index (κ1) is 17.6. The summed E-state index contributed by atoms with van der Waals surface area (Å²) < 4.78 is 0. The first-order valence-electron chi connectivity index (χ1n) is 8.42. The summed E-state index contributed by atoms with van der Waals surface area (Å²) in [6, 6.07) is 11.1. The molecular weight excluding hydrogens is 334 g/mol. The van der Waals surface area contributed by atoms with Crippen molar-refractivity contribution in [2.45, 2.75) is 19.8 Å². The van der Waals surface area contributed by atoms with Crippen molar-refractivity contribution in [2.24, 2.45) is 0 Å². The minimum absolute atomic E-state index is 0.00472. The van der Waals surface area contributed by atoms with Crippen LogP contribution in [0.3, 0.4) is 0 Å². The van der Waals surface area contributed by atoms with Crippen molar-refractivity contribution in [3.63, 3.8) is 0 Å². The lowest BCUT2D eigenvalue weighted by Gasteiger charge is -2.15. The minimum Gasteiger partial charge on any atom is -0.339 e. The Morgan fingerprint density at radius 1 is 1.08 bits per heavy atom. The molecule has 0 saturated carbocycles. The largest absolute Gasteiger partial charge is 0.339 e. The van der Waals surface area contributed by atoms with E-state index in [1.165, 1.54) is 12.1 Å². The van der Waals surface area contributed by atoms with Crippen molar-refractivity contribution in [1.82, 2.24) is 4.90 Å². The van der Waals surface area contributed by atoms with E-state index in [2.05, 4.69) is 5.32 Å². The first-order chi connectivity index (χ1) is 12.5. The summed E-state index contributed by atoms with van der Waals surface area (Å²) >= 11 is 0. The highest BCUT2D eigenvalue weighted by molar-refractivity contribution is 6.06. The van der Waals surface area contributed by atoms with Crippen LogP contribution in [0.15, 0.2) is 42.5 Å². The second kappa shape index (κ2) is 7.35. The van der Waals surface area contributed by atoms with Crippen LogP contribution in [0.25, 0.3) is 0 Å². The van der Waals surface area contributed by atoms with E-state index in [0.717, 1.165) is 25.9 Å². The molecule has 134 valence electrons. The van der Waals surface area contributed by atoms with Gasteiger partial charge in [0.05, 0.1) is 4.92 Å². The molecule has 2 aromatic carbocycles. The first-order valence-corrected chi connectivity index (χ1v) is 8.42. The topological polar surface area (TPSA) is 92.6 Å². The van der Waals surface area contributed by atoms with Gasteiger partial charge in [0.25, 0.3) is 17.5 Å². The number of rotatable bonds is 4. The average Bonchev–Trinajstić information content (AvgIpc) is 3.16. The third-order valence-electron chi connectivity index (χ3n) is 4.53. The molecule has 1 N–H and O–H groups in total. The number of nitrogens with one attached hydrogen (secondary N) is 1. The molecule has 1 aliphatic heterocycles. The molecule has 7 nitrogen and oxygen atoms in total. The molecule has 1 saturated heterocycles. The van der Waals surface area contributed by atoms with Crippen LogP contribution in [-0.4, -0.2) is 34.7 Å². The summed E-state index contributed by atoms with van der Waals surface area (Å²) in [4.78, 5) is 37.1. The van der Waals surface area contributed by atoms with Crippen molar-refractivity contribution in [3.05, 3.63) is 69.3 Å². The van der Waals surface area contributed by atoms with Crippen LogP contribution in [0, 0.1) is 17.0 Å². The molecule has 2 amide bonds. The van der Waals surface area contributed by atoms with Gasteiger partial charge in [0, 0.05) is 41.5 Å². The van der Waals surface area contributed by atoms with Gasteiger partial charge in [0.1, 0.15) is 0 Å². The van der Waals surface area contributed by atoms with E-state index in [1.54, 1.807) is 37.3 Å². The van der Waals surface area contributed by atoms with Crippen LogP contribution < -0.4 is 5.32 Å². The van der Waals surface area contributed by atoms with Crippen LogP contribution in [-0.2, 0) is 0 Å². The number of hydrogen-bond donors (Lipinski definition) is 1. The third-order valence-corrected chi connectivity index (χ3v) is 4.53. The van der Waals surface area contributed by atoms with E-state index in [-0.39, 0.29) is 17.2 Å². The molecule has 0 atom stereocenters. The van der Waals surface area contributed by atoms with Gasteiger partial charge in [-0.15, -0.1) is 0 Å². The Morgan fingerprint density at radius 3 is 2.35 bits per heavy atom. The quantitative estimate of drug-likeness (QED) is 0.673. The van der Waals surface area contributed by atoms with Crippen LogP contribution in [0.4, 0.5) is 11.4 Å². The fourth-order valence-corrected chi connectivity index (χ4v) is 3.06. The Kier molecular flexibility index (Phi) is 4.97. The molecule has 0 spiro atoms. The molecule has 0 unspecified atom stereocenters. The Morgan fingerprint density at radius 2 is 1.73 bits per heavy atom. The zero-order chi connectivity index (χ0) is 18.7. The Labute approximate surface area is 150 Å². The number of nitrogens with zero attached hydrogens (tertiary/aromatic N) is 2. The minimum atomic E-state index is -0.509. The molecule has 26 heavy (non-hydrogen) atoms. The molecule has 0 bridgehead atoms. The summed E-state index contributed by atoms with van der Waals surface area (Å²) in [6.07, 6.45) is 2.06. The maximum absolute atomic E-state index is 12.4. The lowest BCUT2D eigenvalue weighted by Crippen LogP contribution is -2.27. The van der Waals surface area contributed by atoms with Gasteiger partial charge in [-0.25, -0.2) is 0 Å². The normalized spacial score (nSPS) is 13.5. The van der Waals surface area contributed by atoms with Crippen molar-refractivity contribution < 1.29 is 14.5 Å². The van der Waals surface area contributed by atoms with Gasteiger partial charge in [0.15, 0.2) is 0 Å². The van der Waals surface area contributed by atoms with E-state index in [4.69, 9.17) is 0 Å². The second-order valence-corrected chi connectivity index (χ2v) is 6.24. The highest BCUT2D eigenvalue weighted by Crippen LogP contribution is 2.22. The van der Waals surface area contributed by atoms with E-state index >= 15 is 0 Å². The Hall–Kier alpha value is -3.22. The third kappa shape index (κ3) is 3.56. The van der Waals surface area contributed by atoms with Gasteiger partial charge in [-0.05, 0) is 50.1 Å². The molecule has 0 aliphatic carbocycles. The number of anilines is 1. The predicted octanol–water partition coefficient (Wildman–Crippen LogP) is 3.39. The smallest absolute Gasteiger partial charge is 0.273 e. The molecule has 0 aromatic heterocycles. The lowest BCUT2D eigenvalue weighted by atomic mass is 10.1. The number of carbonyl (C=O) groups excluding carboxylic acids is 2. The fraction of sp³-hybridized carbons (Fsp3) is 0.263. The average molecular weight is 353 g/mol. The van der Waals surface area contributed by atoms with Gasteiger partial charge in [-0.3, -0.25) is 19.7 Å². The number of hydrogen-bond acceptors (Lipinski definition) is 4. The maximum Gasteiger partial charge on any atom is 0.273 e. The van der Waals surface area contributed by atoms with Crippen molar-refractivity contribution in [3.8, 4) is 0 Å². The van der Waals surface area contributed by atoms with Crippen LogP contribution >= 0.6 is 0 Å². The zero-order valence-electron chi connectivity index (χ0n) is 14.4. The molecule has 1 fully saturated rings. The number of amides is 2. The SMILES string of the molecule is Cc1c(C(=O)Nc2ccc(C(=O)N3CCCC3)cc2)cccc1[N+](=O)[O-]. The summed E-state index contributed by atoms with van der Waals surface area (Å²) in [6.45, 7) is 3.11. The number of nitro benzene ring substituents is 1. The van der Waals surface area contributed by atoms with Crippen molar-refractivity contribution in [2.75, 3.05) is 18.4 Å². The van der Waals surface area contributed by atoms with Gasteiger partial charge >= 0.3 is 0 Å². The number of nitro groups is 1. The Balaban J connectivity index is 1.73. The number of carbonyl (C=O) groups is 2. The lowest BCUT2D eigenvalue weighted by molar-refractivity contribution is -0.385. The van der Waals surface area contributed by atoms with Gasteiger partial charge in [0.2, 0.25) is 0 Å². The summed E-state index contributed by atoms with van der Waals surface area (Å²) in [5, 5.41) is 13.7. The molecule has 0 radical (unpaired) electrons. The molecule has 7 heteroatoms. The molecule has 1 heterocycles. The predicted molar refractivity (Wildman–Crippen MR) is 97.4 cm³/mol. The van der Waals surface area contributed by atoms with E-state index in [1.807, 2.05) is 4.90 Å². The van der Waals surface area contributed by atoms with E-state index < -0.39 is 10.8 Å². The molecule has 1 aliphatic rings. The monoisotopic (exact) mass is 353 g/mol. The van der Waals surface area contributed by atoms with Crippen LogP contribution in [0.2, 0.25) is 0 Å². The molecular formula is C19H19N3O4. The molecule has 2 aromatic rings. The standard InChI is InChI=1S/C19H19N3O4/c1-13-16(5-4-6-17(13)22(25)26)18(23)20-15-9-7-14(8-10-15)19(24)21-11-2-3-12-21/h4-10H,2-3,11-12H2,1H3,(H,20,23). The Bertz CT molecular complexity index is 856. The van der Waals surface area contributed by atoms with Crippen molar-refractivity contribution >= 4 is 23.2 Å². The van der Waals surface area contributed by atoms with Crippen LogP contribution in [0.5, 0.6) is 0 Å². The number of benzene rings is 2. The second-order valence-electron chi connectivity index (χ2n) is 6.24. The highest BCUT2D eigenvalue weighted by Gasteiger charge is 2.20. The fourth-order valence-electron chi connectivity index (χ4n) is 3.06. The van der Waals surface area contributed by atoms with Gasteiger partial charge in [-0.1, -0.05) is 6.07 Å². The van der Waals surface area contributed by atoms with Gasteiger partial charge < -0.3 is 10.2 Å². The van der Waals surface area contributed by atoms with Gasteiger partial charge in [-0.2, -0.15) is 0 Å². The summed E-state index contributed by atoms with van der Waals surface area (Å²) in [5.41, 5.74) is 1.58. The van der Waals surface area contributed by atoms with Crippen LogP contribution in [0.1, 0.15) is 39.1 Å². The van der Waals surface area contributed by atoms with E-state index in [0.29, 0.717) is 16.8 Å². The summed E-state index contributed by atoms with van der Waals surface area (Å²) in [7, 11) is 0. The van der Waals surface area contributed by atoms with Crippen molar-refractivity contribution in [1.29, 1.82) is 0 Å². The summed E-state index contributed by atoms with van der Waals surface area (Å²) in [5.74, 6) is -0.431.